The van der Waals surface area contributed by atoms with Gasteiger partial charge in [-0.05, 0) is 73.2 Å². The van der Waals surface area contributed by atoms with Gasteiger partial charge in [0.05, 0.1) is 23.1 Å². The Morgan fingerprint density at radius 3 is 2.30 bits per heavy atom. The number of benzene rings is 3. The van der Waals surface area contributed by atoms with Crippen molar-refractivity contribution in [2.75, 3.05) is 11.5 Å². The van der Waals surface area contributed by atoms with Crippen LogP contribution in [0.25, 0.3) is 0 Å². The number of carbonyl (C=O) groups excluding carboxylic acids is 5. The molecule has 1 aliphatic carbocycles. The van der Waals surface area contributed by atoms with Crippen molar-refractivity contribution in [3.63, 3.8) is 0 Å². The first kappa shape index (κ1) is 27.3. The highest BCUT2D eigenvalue weighted by molar-refractivity contribution is 9.10. The number of esters is 1. The number of hydrazine groups is 1. The van der Waals surface area contributed by atoms with Crippen LogP contribution in [0, 0.1) is 11.8 Å². The average molecular weight is 604 g/mol. The summed E-state index contributed by atoms with van der Waals surface area (Å²) < 4.78 is 5.88. The van der Waals surface area contributed by atoms with Crippen LogP contribution >= 0.6 is 15.9 Å². The number of hydrogen-bond acceptors (Lipinski definition) is 6. The second kappa shape index (κ2) is 11.8. The number of hydrogen-bond donors (Lipinski definition) is 2. The van der Waals surface area contributed by atoms with E-state index in [1.807, 2.05) is 18.2 Å². The summed E-state index contributed by atoms with van der Waals surface area (Å²) in [6.45, 7) is -0.643. The van der Waals surface area contributed by atoms with Gasteiger partial charge in [0.15, 0.2) is 6.61 Å². The molecule has 3 aromatic carbocycles. The van der Waals surface area contributed by atoms with Crippen molar-refractivity contribution in [1.82, 2.24) is 10.9 Å². The third kappa shape index (κ3) is 5.81. The summed E-state index contributed by atoms with van der Waals surface area (Å²) in [5, 5.41) is 0. The van der Waals surface area contributed by atoms with Crippen LogP contribution in [0.3, 0.4) is 0 Å². The highest BCUT2D eigenvalue weighted by Crippen LogP contribution is 2.45. The van der Waals surface area contributed by atoms with E-state index in [9.17, 15) is 24.0 Å². The third-order valence-electron chi connectivity index (χ3n) is 7.29. The molecule has 2 fully saturated rings. The van der Waals surface area contributed by atoms with Crippen molar-refractivity contribution in [2.45, 2.75) is 25.2 Å². The molecule has 3 atom stereocenters. The van der Waals surface area contributed by atoms with Crippen molar-refractivity contribution in [3.05, 3.63) is 100 Å². The zero-order chi connectivity index (χ0) is 28.2. The molecule has 2 aliphatic rings. The number of halogens is 1. The quantitative estimate of drug-likeness (QED) is 0.248. The second-order valence-corrected chi connectivity index (χ2v) is 10.7. The minimum Gasteiger partial charge on any atom is -0.452 e. The molecule has 0 bridgehead atoms. The van der Waals surface area contributed by atoms with Gasteiger partial charge >= 0.3 is 5.97 Å². The molecule has 2 N–H and O–H groups in total. The summed E-state index contributed by atoms with van der Waals surface area (Å²) in [6, 6.07) is 22.6. The Balaban J connectivity index is 1.18. The molecule has 204 valence electrons. The molecule has 1 aliphatic heterocycles. The Labute approximate surface area is 239 Å². The molecule has 1 saturated heterocycles. The van der Waals surface area contributed by atoms with E-state index in [-0.39, 0.29) is 29.2 Å². The summed E-state index contributed by atoms with van der Waals surface area (Å²) in [5.74, 6) is -3.16. The molecule has 4 amide bonds. The largest absolute Gasteiger partial charge is 0.452 e. The molecular formula is C30H26BrN3O6. The molecule has 1 saturated carbocycles. The standard InChI is InChI=1S/C30H26BrN3O6/c31-22-12-9-19(10-13-22)27(36)33-32-26(35)17-40-30(39)21-7-4-8-23(15-21)34-28(37)24-14-11-20(16-25(24)29(34)38)18-5-2-1-3-6-18/h1-10,12-13,15,20,24-25H,11,14,16-17H2,(H,32,35)(H,33,36)/t20-,24-,25-/m1/s1. The van der Waals surface area contributed by atoms with Crippen molar-refractivity contribution >= 4 is 51.2 Å². The fourth-order valence-electron chi connectivity index (χ4n) is 5.28. The van der Waals surface area contributed by atoms with E-state index < -0.39 is 30.3 Å². The van der Waals surface area contributed by atoms with Crippen LogP contribution in [0.15, 0.2) is 83.3 Å². The van der Waals surface area contributed by atoms with Crippen LogP contribution in [-0.2, 0) is 19.1 Å². The maximum absolute atomic E-state index is 13.4. The third-order valence-corrected chi connectivity index (χ3v) is 7.82. The lowest BCUT2D eigenvalue weighted by molar-refractivity contribution is -0.125. The Kier molecular flexibility index (Phi) is 8.06. The lowest BCUT2D eigenvalue weighted by atomic mass is 9.73. The van der Waals surface area contributed by atoms with Gasteiger partial charge in [0.1, 0.15) is 0 Å². The number of rotatable bonds is 6. The Hall–Kier alpha value is -4.31. The molecule has 9 nitrogen and oxygen atoms in total. The Morgan fingerprint density at radius 2 is 1.55 bits per heavy atom. The van der Waals surface area contributed by atoms with E-state index >= 15 is 0 Å². The van der Waals surface area contributed by atoms with E-state index in [4.69, 9.17) is 4.74 Å². The van der Waals surface area contributed by atoms with Gasteiger partial charge in [-0.2, -0.15) is 0 Å². The molecule has 0 spiro atoms. The van der Waals surface area contributed by atoms with E-state index in [0.717, 1.165) is 10.9 Å². The number of amides is 4. The molecule has 3 aromatic rings. The van der Waals surface area contributed by atoms with Crippen LogP contribution in [0.1, 0.15) is 51.5 Å². The number of ether oxygens (including phenoxy) is 1. The number of nitrogens with zero attached hydrogens (tertiary/aromatic N) is 1. The van der Waals surface area contributed by atoms with Crippen LogP contribution in [-0.4, -0.2) is 36.2 Å². The van der Waals surface area contributed by atoms with Gasteiger partial charge in [-0.25, -0.2) is 4.79 Å². The van der Waals surface area contributed by atoms with E-state index in [0.29, 0.717) is 24.1 Å². The summed E-state index contributed by atoms with van der Waals surface area (Å²) in [5.41, 5.74) is 6.32. The zero-order valence-electron chi connectivity index (χ0n) is 21.3. The van der Waals surface area contributed by atoms with Crippen molar-refractivity contribution < 1.29 is 28.7 Å². The van der Waals surface area contributed by atoms with Gasteiger partial charge in [-0.1, -0.05) is 52.3 Å². The fourth-order valence-corrected chi connectivity index (χ4v) is 5.55. The number of fused-ring (bicyclic) bond motifs is 1. The summed E-state index contributed by atoms with van der Waals surface area (Å²) in [4.78, 5) is 64.6. The average Bonchev–Trinajstić information content (AvgIpc) is 3.24. The Bertz CT molecular complexity index is 1460. The smallest absolute Gasteiger partial charge is 0.338 e. The van der Waals surface area contributed by atoms with Crippen molar-refractivity contribution in [2.24, 2.45) is 11.8 Å². The van der Waals surface area contributed by atoms with Crippen LogP contribution in [0.4, 0.5) is 5.69 Å². The molecule has 5 rings (SSSR count). The van der Waals surface area contributed by atoms with Gasteiger partial charge < -0.3 is 4.74 Å². The van der Waals surface area contributed by atoms with Crippen LogP contribution < -0.4 is 15.8 Å². The van der Waals surface area contributed by atoms with Crippen LogP contribution in [0.2, 0.25) is 0 Å². The van der Waals surface area contributed by atoms with Gasteiger partial charge in [0.25, 0.3) is 11.8 Å². The fraction of sp³-hybridized carbons (Fsp3) is 0.233. The monoisotopic (exact) mass is 603 g/mol. The van der Waals surface area contributed by atoms with Crippen LogP contribution in [0.5, 0.6) is 0 Å². The number of anilines is 1. The molecular weight excluding hydrogens is 578 g/mol. The molecule has 1 heterocycles. The van der Waals surface area contributed by atoms with Gasteiger partial charge in [0.2, 0.25) is 11.8 Å². The molecule has 0 radical (unpaired) electrons. The molecule has 0 unspecified atom stereocenters. The minimum atomic E-state index is -0.808. The predicted octanol–water partition coefficient (Wildman–Crippen LogP) is 4.14. The maximum atomic E-state index is 13.4. The van der Waals surface area contributed by atoms with E-state index in [2.05, 4.69) is 38.9 Å². The first-order chi connectivity index (χ1) is 19.3. The lowest BCUT2D eigenvalue weighted by Gasteiger charge is -2.28. The van der Waals surface area contributed by atoms with Crippen molar-refractivity contribution in [1.29, 1.82) is 0 Å². The SMILES string of the molecule is O=C(COC(=O)c1cccc(N2C(=O)[C@@H]3CC[C@@H](c4ccccc4)C[C@H]3C2=O)c1)NNC(=O)c1ccc(Br)cc1. The number of imide groups is 1. The summed E-state index contributed by atoms with van der Waals surface area (Å²) >= 11 is 3.28. The van der Waals surface area contributed by atoms with Gasteiger partial charge in [-0.3, -0.25) is 34.9 Å². The first-order valence-electron chi connectivity index (χ1n) is 12.9. The minimum absolute atomic E-state index is 0.0850. The maximum Gasteiger partial charge on any atom is 0.338 e. The van der Waals surface area contributed by atoms with Crippen molar-refractivity contribution in [3.8, 4) is 0 Å². The van der Waals surface area contributed by atoms with Gasteiger partial charge in [-0.15, -0.1) is 0 Å². The number of carbonyl (C=O) groups is 5. The molecule has 40 heavy (non-hydrogen) atoms. The first-order valence-corrected chi connectivity index (χ1v) is 13.7. The van der Waals surface area contributed by atoms with E-state index in [1.165, 1.54) is 22.6 Å². The lowest BCUT2D eigenvalue weighted by Crippen LogP contribution is -2.43. The van der Waals surface area contributed by atoms with E-state index in [1.54, 1.807) is 36.4 Å². The summed E-state index contributed by atoms with van der Waals surface area (Å²) in [7, 11) is 0. The molecule has 10 heteroatoms. The highest BCUT2D eigenvalue weighted by Gasteiger charge is 2.50. The topological polar surface area (TPSA) is 122 Å². The second-order valence-electron chi connectivity index (χ2n) is 9.78. The summed E-state index contributed by atoms with van der Waals surface area (Å²) in [6.07, 6.45) is 2.06. The molecule has 0 aromatic heterocycles. The normalized spacial score (nSPS) is 20.0. The van der Waals surface area contributed by atoms with Gasteiger partial charge in [0, 0.05) is 10.0 Å². The Morgan fingerprint density at radius 1 is 0.825 bits per heavy atom. The highest BCUT2D eigenvalue weighted by atomic mass is 79.9. The number of nitrogens with one attached hydrogen (secondary N) is 2. The zero-order valence-corrected chi connectivity index (χ0v) is 22.9. The predicted molar refractivity (Wildman–Crippen MR) is 149 cm³/mol.